The molecule has 0 aliphatic rings. The minimum Gasteiger partial charge on any atom is -0.310 e. The van der Waals surface area contributed by atoms with Gasteiger partial charge in [0.1, 0.15) is 4.87 Å². The van der Waals surface area contributed by atoms with Crippen LogP contribution in [0, 0.1) is 0 Å². The maximum atomic E-state index is 10.7. The highest BCUT2D eigenvalue weighted by Gasteiger charge is 2.35. The van der Waals surface area contributed by atoms with Crippen molar-refractivity contribution in [2.45, 2.75) is 24.6 Å². The topological polar surface area (TPSA) is 80.4 Å². The third kappa shape index (κ3) is 2.28. The summed E-state index contributed by atoms with van der Waals surface area (Å²) >= 11 is 0. The van der Waals surface area contributed by atoms with Crippen molar-refractivity contribution < 1.29 is 13.0 Å². The molecule has 0 spiro atoms. The molecule has 0 amide bonds. The number of rotatable bonds is 4. The molecule has 4 nitrogen and oxygen atoms in total. The lowest BCUT2D eigenvalue weighted by Gasteiger charge is -2.22. The van der Waals surface area contributed by atoms with E-state index in [1.165, 1.54) is 6.08 Å². The summed E-state index contributed by atoms with van der Waals surface area (Å²) in [7, 11) is -4.17. The van der Waals surface area contributed by atoms with E-state index in [0.29, 0.717) is 0 Å². The molecule has 66 valence electrons. The fourth-order valence-corrected chi connectivity index (χ4v) is 1.37. The molecular weight excluding hydrogens is 166 g/mol. The van der Waals surface area contributed by atoms with Crippen LogP contribution in [0.15, 0.2) is 12.7 Å². The monoisotopic (exact) mass is 179 g/mol. The van der Waals surface area contributed by atoms with Crippen molar-refractivity contribution in [3.05, 3.63) is 12.7 Å². The quantitative estimate of drug-likeness (QED) is 0.487. The van der Waals surface area contributed by atoms with Crippen molar-refractivity contribution >= 4 is 10.1 Å². The summed E-state index contributed by atoms with van der Waals surface area (Å²) < 4.78 is 30.0. The first kappa shape index (κ1) is 10.6. The van der Waals surface area contributed by atoms with Gasteiger partial charge >= 0.3 is 0 Å². The van der Waals surface area contributed by atoms with Gasteiger partial charge in [0, 0.05) is 0 Å². The zero-order valence-corrected chi connectivity index (χ0v) is 7.26. The number of hydrogen-bond donors (Lipinski definition) is 2. The van der Waals surface area contributed by atoms with E-state index in [-0.39, 0.29) is 12.8 Å². The summed E-state index contributed by atoms with van der Waals surface area (Å²) in [4.78, 5) is -1.56. The second kappa shape index (κ2) is 3.34. The van der Waals surface area contributed by atoms with Crippen LogP contribution < -0.4 is 5.73 Å². The molecule has 0 bridgehead atoms. The largest absolute Gasteiger partial charge is 0.310 e. The fraction of sp³-hybridized carbons (Fsp3) is 0.667. The zero-order chi connectivity index (χ0) is 9.12. The predicted molar refractivity (Wildman–Crippen MR) is 43.6 cm³/mol. The number of hydrogen-bond acceptors (Lipinski definition) is 3. The minimum absolute atomic E-state index is 0.0579. The van der Waals surface area contributed by atoms with E-state index in [1.807, 2.05) is 0 Å². The highest BCUT2D eigenvalue weighted by atomic mass is 32.2. The lowest BCUT2D eigenvalue weighted by Crippen LogP contribution is -2.46. The van der Waals surface area contributed by atoms with E-state index >= 15 is 0 Å². The Hall–Kier alpha value is -0.390. The first-order chi connectivity index (χ1) is 4.87. The molecule has 0 aromatic carbocycles. The lowest BCUT2D eigenvalue weighted by atomic mass is 10.1. The van der Waals surface area contributed by atoms with Crippen LogP contribution in [0.2, 0.25) is 0 Å². The zero-order valence-electron chi connectivity index (χ0n) is 6.45. The molecule has 1 atom stereocenters. The Labute approximate surface area is 66.8 Å². The second-order valence-electron chi connectivity index (χ2n) is 2.39. The van der Waals surface area contributed by atoms with Crippen LogP contribution in [0.3, 0.4) is 0 Å². The first-order valence-corrected chi connectivity index (χ1v) is 4.68. The smallest absolute Gasteiger partial charge is 0.284 e. The van der Waals surface area contributed by atoms with Crippen molar-refractivity contribution in [1.29, 1.82) is 0 Å². The van der Waals surface area contributed by atoms with Gasteiger partial charge in [0.15, 0.2) is 0 Å². The van der Waals surface area contributed by atoms with Gasteiger partial charge < -0.3 is 5.73 Å². The molecule has 0 fully saturated rings. The maximum absolute atomic E-state index is 10.7. The molecule has 0 aliphatic carbocycles. The van der Waals surface area contributed by atoms with Gasteiger partial charge in [-0.1, -0.05) is 13.0 Å². The summed E-state index contributed by atoms with van der Waals surface area (Å²) in [5.41, 5.74) is 5.38. The number of nitrogens with two attached hydrogens (primary N) is 1. The average Bonchev–Trinajstić information content (AvgIpc) is 1.86. The lowest BCUT2D eigenvalue weighted by molar-refractivity contribution is 0.418. The fourth-order valence-electron chi connectivity index (χ4n) is 0.676. The van der Waals surface area contributed by atoms with Crippen molar-refractivity contribution in [1.82, 2.24) is 0 Å². The van der Waals surface area contributed by atoms with Crippen LogP contribution in [-0.4, -0.2) is 17.8 Å². The Kier molecular flexibility index (Phi) is 3.22. The molecule has 0 aromatic rings. The van der Waals surface area contributed by atoms with Crippen LogP contribution in [0.5, 0.6) is 0 Å². The highest BCUT2D eigenvalue weighted by molar-refractivity contribution is 7.87. The third-order valence-electron chi connectivity index (χ3n) is 1.60. The Bertz CT molecular complexity index is 234. The Balaban J connectivity index is 4.75. The van der Waals surface area contributed by atoms with Crippen LogP contribution >= 0.6 is 0 Å². The Morgan fingerprint density at radius 1 is 1.73 bits per heavy atom. The first-order valence-electron chi connectivity index (χ1n) is 3.24. The summed E-state index contributed by atoms with van der Waals surface area (Å²) in [6, 6.07) is 0. The van der Waals surface area contributed by atoms with Gasteiger partial charge in [-0.25, -0.2) is 0 Å². The third-order valence-corrected chi connectivity index (χ3v) is 3.08. The van der Waals surface area contributed by atoms with Crippen LogP contribution in [-0.2, 0) is 10.1 Å². The predicted octanol–water partition coefficient (Wildman–Crippen LogP) is 0.515. The molecule has 0 aromatic heterocycles. The molecule has 5 heteroatoms. The van der Waals surface area contributed by atoms with E-state index in [1.54, 1.807) is 6.92 Å². The Morgan fingerprint density at radius 2 is 2.18 bits per heavy atom. The van der Waals surface area contributed by atoms with Gasteiger partial charge in [-0.15, -0.1) is 6.58 Å². The highest BCUT2D eigenvalue weighted by Crippen LogP contribution is 2.18. The molecule has 0 rings (SSSR count). The molecule has 0 heterocycles. The molecule has 0 radical (unpaired) electrons. The van der Waals surface area contributed by atoms with Crippen LogP contribution in [0.25, 0.3) is 0 Å². The van der Waals surface area contributed by atoms with Crippen molar-refractivity contribution in [2.75, 3.05) is 0 Å². The van der Waals surface area contributed by atoms with Crippen LogP contribution in [0.1, 0.15) is 19.8 Å². The summed E-state index contributed by atoms with van der Waals surface area (Å²) in [5, 5.41) is 0. The summed E-state index contributed by atoms with van der Waals surface area (Å²) in [6.45, 7) is 4.95. The molecule has 1 unspecified atom stereocenters. The van der Waals surface area contributed by atoms with Crippen molar-refractivity contribution in [3.8, 4) is 0 Å². The normalized spacial score (nSPS) is 17.4. The van der Waals surface area contributed by atoms with Crippen LogP contribution in [0.4, 0.5) is 0 Å². The van der Waals surface area contributed by atoms with E-state index in [9.17, 15) is 8.42 Å². The van der Waals surface area contributed by atoms with Gasteiger partial charge in [0.25, 0.3) is 10.1 Å². The van der Waals surface area contributed by atoms with Gasteiger partial charge in [0.05, 0.1) is 0 Å². The summed E-state index contributed by atoms with van der Waals surface area (Å²) in [5.74, 6) is 0. The van der Waals surface area contributed by atoms with Gasteiger partial charge in [-0.3, -0.25) is 4.55 Å². The molecule has 0 aliphatic heterocycles. The van der Waals surface area contributed by atoms with E-state index in [0.717, 1.165) is 0 Å². The van der Waals surface area contributed by atoms with E-state index < -0.39 is 15.0 Å². The van der Waals surface area contributed by atoms with Gasteiger partial charge in [-0.2, -0.15) is 8.42 Å². The SMILES string of the molecule is C=CCC(N)(CC)S(=O)(=O)O. The maximum Gasteiger partial charge on any atom is 0.284 e. The summed E-state index contributed by atoms with van der Waals surface area (Å²) in [6.07, 6.45) is 1.59. The molecule has 11 heavy (non-hydrogen) atoms. The van der Waals surface area contributed by atoms with Crippen molar-refractivity contribution in [3.63, 3.8) is 0 Å². The Morgan fingerprint density at radius 3 is 2.27 bits per heavy atom. The van der Waals surface area contributed by atoms with E-state index in [4.69, 9.17) is 10.3 Å². The van der Waals surface area contributed by atoms with Crippen molar-refractivity contribution in [2.24, 2.45) is 5.73 Å². The average molecular weight is 179 g/mol. The molecule has 0 saturated carbocycles. The second-order valence-corrected chi connectivity index (χ2v) is 4.15. The van der Waals surface area contributed by atoms with Gasteiger partial charge in [0.2, 0.25) is 0 Å². The minimum atomic E-state index is -4.17. The molecule has 0 saturated heterocycles. The van der Waals surface area contributed by atoms with Gasteiger partial charge in [-0.05, 0) is 12.8 Å². The standard InChI is InChI=1S/C6H13NO3S/c1-3-5-6(7,4-2)11(8,9)10/h3H,1,4-5,7H2,2H3,(H,8,9,10). The van der Waals surface area contributed by atoms with E-state index in [2.05, 4.69) is 6.58 Å². The molecular formula is C6H13NO3S. The molecule has 3 N–H and O–H groups in total.